The average molecular weight is 327 g/mol. The summed E-state index contributed by atoms with van der Waals surface area (Å²) in [5, 5.41) is 7.31. The highest BCUT2D eigenvalue weighted by Gasteiger charge is 2.31. The van der Waals surface area contributed by atoms with Gasteiger partial charge in [0.2, 0.25) is 0 Å². The van der Waals surface area contributed by atoms with Crippen LogP contribution < -0.4 is 5.32 Å². The number of nitrogens with one attached hydrogen (secondary N) is 1. The van der Waals surface area contributed by atoms with Crippen LogP contribution in [0.2, 0.25) is 0 Å². The highest BCUT2D eigenvalue weighted by molar-refractivity contribution is 7.08. The smallest absolute Gasteiger partial charge is 0.255 e. The molecule has 0 bridgehead atoms. The van der Waals surface area contributed by atoms with Gasteiger partial charge in [-0.25, -0.2) is 4.98 Å². The molecule has 2 aromatic heterocycles. The minimum Gasteiger partial charge on any atom is -0.336 e. The number of carbonyl (C=O) groups is 1. The first kappa shape index (κ1) is 16.0. The van der Waals surface area contributed by atoms with Gasteiger partial charge in [-0.15, -0.1) is 12.4 Å². The van der Waals surface area contributed by atoms with Crippen LogP contribution in [-0.2, 0) is 7.05 Å². The van der Waals surface area contributed by atoms with Crippen molar-refractivity contribution < 1.29 is 4.79 Å². The number of hydrogen-bond acceptors (Lipinski definition) is 4. The first-order valence-electron chi connectivity index (χ1n) is 6.70. The van der Waals surface area contributed by atoms with E-state index in [1.165, 1.54) is 0 Å². The van der Waals surface area contributed by atoms with Gasteiger partial charge in [0, 0.05) is 44.5 Å². The van der Waals surface area contributed by atoms with E-state index < -0.39 is 0 Å². The van der Waals surface area contributed by atoms with Gasteiger partial charge in [-0.3, -0.25) is 4.79 Å². The third-order valence-electron chi connectivity index (χ3n) is 3.75. The van der Waals surface area contributed by atoms with E-state index in [9.17, 15) is 4.79 Å². The molecule has 0 aliphatic carbocycles. The molecular weight excluding hydrogens is 308 g/mol. The molecule has 2 aromatic rings. The van der Waals surface area contributed by atoms with Gasteiger partial charge < -0.3 is 14.8 Å². The first-order valence-corrected chi connectivity index (χ1v) is 7.64. The Bertz CT molecular complexity index is 624. The summed E-state index contributed by atoms with van der Waals surface area (Å²) in [4.78, 5) is 19.1. The van der Waals surface area contributed by atoms with Gasteiger partial charge in [0.25, 0.3) is 5.91 Å². The molecule has 7 heteroatoms. The molecule has 1 unspecified atom stereocenters. The Hall–Kier alpha value is -1.37. The fourth-order valence-electron chi connectivity index (χ4n) is 2.61. The molecular formula is C14H19ClN4OS. The molecule has 1 fully saturated rings. The van der Waals surface area contributed by atoms with E-state index in [4.69, 9.17) is 0 Å². The standard InChI is InChI=1S/C14H18N4OS.ClH/c1-10-8-20-9-11(10)14(19)18-6-3-15-7-12(18)13-16-4-5-17(13)2;/h4-5,8-9,12,15H,3,6-7H2,1-2H3;1H. The molecule has 5 nitrogen and oxygen atoms in total. The monoisotopic (exact) mass is 326 g/mol. The lowest BCUT2D eigenvalue weighted by Crippen LogP contribution is -2.49. The first-order chi connectivity index (χ1) is 9.68. The summed E-state index contributed by atoms with van der Waals surface area (Å²) < 4.78 is 1.98. The maximum Gasteiger partial charge on any atom is 0.255 e. The Morgan fingerprint density at radius 3 is 2.90 bits per heavy atom. The summed E-state index contributed by atoms with van der Waals surface area (Å²) in [6.45, 7) is 4.28. The van der Waals surface area contributed by atoms with Crippen LogP contribution in [0.15, 0.2) is 23.2 Å². The summed E-state index contributed by atoms with van der Waals surface area (Å²) in [6, 6.07) is -0.00412. The van der Waals surface area contributed by atoms with Crippen molar-refractivity contribution in [1.29, 1.82) is 0 Å². The Kier molecular flexibility index (Phi) is 5.03. The van der Waals surface area contributed by atoms with Gasteiger partial charge in [0.15, 0.2) is 0 Å². The highest BCUT2D eigenvalue weighted by Crippen LogP contribution is 2.25. The molecule has 1 aliphatic rings. The molecule has 1 atom stereocenters. The Morgan fingerprint density at radius 2 is 2.29 bits per heavy atom. The normalized spacial score (nSPS) is 18.4. The van der Waals surface area contributed by atoms with Crippen LogP contribution in [0.4, 0.5) is 0 Å². The van der Waals surface area contributed by atoms with Gasteiger partial charge in [-0.1, -0.05) is 0 Å². The molecule has 114 valence electrons. The van der Waals surface area contributed by atoms with Crippen LogP contribution in [0.1, 0.15) is 27.8 Å². The van der Waals surface area contributed by atoms with E-state index in [0.29, 0.717) is 6.54 Å². The number of aryl methyl sites for hydroxylation is 2. The minimum absolute atomic E-state index is 0. The lowest BCUT2D eigenvalue weighted by Gasteiger charge is -2.35. The lowest BCUT2D eigenvalue weighted by atomic mass is 10.1. The van der Waals surface area contributed by atoms with Crippen LogP contribution in [-0.4, -0.2) is 40.0 Å². The van der Waals surface area contributed by atoms with Crippen molar-refractivity contribution in [1.82, 2.24) is 19.8 Å². The van der Waals surface area contributed by atoms with Crippen molar-refractivity contribution >= 4 is 29.7 Å². The summed E-state index contributed by atoms with van der Waals surface area (Å²) >= 11 is 1.58. The van der Waals surface area contributed by atoms with E-state index in [1.807, 2.05) is 40.4 Å². The molecule has 21 heavy (non-hydrogen) atoms. The zero-order valence-electron chi connectivity index (χ0n) is 12.1. The van der Waals surface area contributed by atoms with Crippen molar-refractivity contribution in [3.05, 3.63) is 40.1 Å². The number of carbonyl (C=O) groups excluding carboxylic acids is 1. The Balaban J connectivity index is 0.00000161. The topological polar surface area (TPSA) is 50.2 Å². The number of piperazine rings is 1. The van der Waals surface area contributed by atoms with E-state index in [0.717, 1.165) is 30.0 Å². The third kappa shape index (κ3) is 2.97. The van der Waals surface area contributed by atoms with Crippen LogP contribution in [0.5, 0.6) is 0 Å². The summed E-state index contributed by atoms with van der Waals surface area (Å²) in [6.07, 6.45) is 3.70. The number of aromatic nitrogens is 2. The maximum absolute atomic E-state index is 12.8. The van der Waals surface area contributed by atoms with E-state index in [1.54, 1.807) is 17.5 Å². The minimum atomic E-state index is -0.00412. The number of imidazole rings is 1. The second-order valence-corrected chi connectivity index (χ2v) is 5.83. The van der Waals surface area contributed by atoms with Crippen molar-refractivity contribution in [2.45, 2.75) is 13.0 Å². The van der Waals surface area contributed by atoms with Gasteiger partial charge in [-0.05, 0) is 17.9 Å². The largest absolute Gasteiger partial charge is 0.336 e. The molecule has 0 spiro atoms. The second kappa shape index (κ2) is 6.60. The zero-order chi connectivity index (χ0) is 14.1. The SMILES string of the molecule is Cc1cscc1C(=O)N1CCNCC1c1nccn1C.Cl. The van der Waals surface area contributed by atoms with Gasteiger partial charge in [0.05, 0.1) is 5.56 Å². The third-order valence-corrected chi connectivity index (χ3v) is 4.61. The molecule has 0 radical (unpaired) electrons. The van der Waals surface area contributed by atoms with Gasteiger partial charge in [0.1, 0.15) is 11.9 Å². The molecule has 0 saturated carbocycles. The fourth-order valence-corrected chi connectivity index (χ4v) is 3.43. The lowest BCUT2D eigenvalue weighted by molar-refractivity contribution is 0.0620. The predicted octanol–water partition coefficient (Wildman–Crippen LogP) is 2.00. The van der Waals surface area contributed by atoms with E-state index >= 15 is 0 Å². The van der Waals surface area contributed by atoms with E-state index in [2.05, 4.69) is 10.3 Å². The highest BCUT2D eigenvalue weighted by atomic mass is 35.5. The quantitative estimate of drug-likeness (QED) is 0.918. The predicted molar refractivity (Wildman–Crippen MR) is 86.2 cm³/mol. The summed E-state index contributed by atoms with van der Waals surface area (Å²) in [5.74, 6) is 1.04. The Labute approximate surface area is 134 Å². The molecule has 1 N–H and O–H groups in total. The van der Waals surface area contributed by atoms with Crippen molar-refractivity contribution in [2.75, 3.05) is 19.6 Å². The van der Waals surface area contributed by atoms with Crippen molar-refractivity contribution in [3.63, 3.8) is 0 Å². The van der Waals surface area contributed by atoms with Gasteiger partial charge >= 0.3 is 0 Å². The number of thiophene rings is 1. The molecule has 1 amide bonds. The number of hydrogen-bond donors (Lipinski definition) is 1. The average Bonchev–Trinajstić information content (AvgIpc) is 3.06. The maximum atomic E-state index is 12.8. The molecule has 1 aliphatic heterocycles. The summed E-state index contributed by atoms with van der Waals surface area (Å²) in [5.41, 5.74) is 1.87. The van der Waals surface area contributed by atoms with Crippen LogP contribution in [0.3, 0.4) is 0 Å². The molecule has 3 rings (SSSR count). The number of halogens is 1. The number of rotatable bonds is 2. The van der Waals surface area contributed by atoms with Crippen LogP contribution >= 0.6 is 23.7 Å². The van der Waals surface area contributed by atoms with E-state index in [-0.39, 0.29) is 24.4 Å². The molecule has 3 heterocycles. The Morgan fingerprint density at radius 1 is 1.48 bits per heavy atom. The van der Waals surface area contributed by atoms with Gasteiger partial charge in [-0.2, -0.15) is 11.3 Å². The van der Waals surface area contributed by atoms with Crippen LogP contribution in [0.25, 0.3) is 0 Å². The van der Waals surface area contributed by atoms with Crippen molar-refractivity contribution in [2.24, 2.45) is 7.05 Å². The number of nitrogens with zero attached hydrogens (tertiary/aromatic N) is 3. The van der Waals surface area contributed by atoms with Crippen molar-refractivity contribution in [3.8, 4) is 0 Å². The fraction of sp³-hybridized carbons (Fsp3) is 0.429. The number of amides is 1. The second-order valence-electron chi connectivity index (χ2n) is 5.08. The zero-order valence-corrected chi connectivity index (χ0v) is 13.7. The molecule has 0 aromatic carbocycles. The molecule has 1 saturated heterocycles. The summed E-state index contributed by atoms with van der Waals surface area (Å²) in [7, 11) is 1.97. The van der Waals surface area contributed by atoms with Crippen LogP contribution in [0, 0.1) is 6.92 Å².